The van der Waals surface area contributed by atoms with E-state index in [0.29, 0.717) is 13.1 Å². The molecule has 0 aliphatic carbocycles. The van der Waals surface area contributed by atoms with E-state index in [1.165, 1.54) is 0 Å². The fourth-order valence-corrected chi connectivity index (χ4v) is 2.85. The Morgan fingerprint density at radius 2 is 2.31 bits per heavy atom. The van der Waals surface area contributed by atoms with Gasteiger partial charge in [-0.1, -0.05) is 6.07 Å². The van der Waals surface area contributed by atoms with Crippen LogP contribution in [0.5, 0.6) is 5.75 Å². The molecule has 0 radical (unpaired) electrons. The van der Waals surface area contributed by atoms with Crippen molar-refractivity contribution in [2.75, 3.05) is 33.3 Å². The number of carbonyl (C=O) groups is 2. The van der Waals surface area contributed by atoms with Crippen molar-refractivity contribution < 1.29 is 14.3 Å². The number of ether oxygens (including phenoxy) is 1. The normalized spacial score (nSPS) is 16.0. The molecule has 1 saturated heterocycles. The Morgan fingerprint density at radius 3 is 3.08 bits per heavy atom. The number of methoxy groups -OCH3 is 1. The maximum Gasteiger partial charge on any atom is 0.234 e. The standard InChI is InChI=1S/C18H23N5O3/c1-13(21-18(25)12-22-7-6-19-17(24)11-22)14-9-20-23(10-14)15-4-3-5-16(8-15)26-2/h3-5,8-10,13H,6-7,11-12H2,1-2H3,(H,19,24)(H,21,25). The van der Waals surface area contributed by atoms with Crippen molar-refractivity contribution in [3.05, 3.63) is 42.2 Å². The Kier molecular flexibility index (Phi) is 5.52. The van der Waals surface area contributed by atoms with Gasteiger partial charge in [-0.05, 0) is 19.1 Å². The molecule has 0 spiro atoms. The van der Waals surface area contributed by atoms with Gasteiger partial charge in [0, 0.05) is 30.9 Å². The number of carbonyl (C=O) groups excluding carboxylic acids is 2. The molecule has 1 atom stereocenters. The molecule has 3 rings (SSSR count). The largest absolute Gasteiger partial charge is 0.497 e. The molecule has 26 heavy (non-hydrogen) atoms. The second-order valence-corrected chi connectivity index (χ2v) is 6.27. The van der Waals surface area contributed by atoms with Crippen LogP contribution in [0.15, 0.2) is 36.7 Å². The number of amides is 2. The molecule has 2 heterocycles. The number of aromatic nitrogens is 2. The molecule has 1 unspecified atom stereocenters. The van der Waals surface area contributed by atoms with Crippen molar-refractivity contribution in [1.29, 1.82) is 0 Å². The fraction of sp³-hybridized carbons (Fsp3) is 0.389. The van der Waals surface area contributed by atoms with Crippen molar-refractivity contribution in [1.82, 2.24) is 25.3 Å². The Labute approximate surface area is 152 Å². The second-order valence-electron chi connectivity index (χ2n) is 6.27. The highest BCUT2D eigenvalue weighted by molar-refractivity contribution is 5.82. The third kappa shape index (κ3) is 4.40. The Hall–Kier alpha value is -2.87. The molecule has 2 amide bonds. The number of hydrogen-bond acceptors (Lipinski definition) is 5. The molecular formula is C18H23N5O3. The lowest BCUT2D eigenvalue weighted by molar-refractivity contribution is -0.127. The summed E-state index contributed by atoms with van der Waals surface area (Å²) < 4.78 is 6.98. The quantitative estimate of drug-likeness (QED) is 0.786. The van der Waals surface area contributed by atoms with Crippen LogP contribution >= 0.6 is 0 Å². The minimum absolute atomic E-state index is 0.0448. The molecule has 2 aromatic rings. The van der Waals surface area contributed by atoms with Gasteiger partial charge in [0.2, 0.25) is 11.8 Å². The number of benzene rings is 1. The Bertz CT molecular complexity index is 789. The zero-order chi connectivity index (χ0) is 18.5. The third-order valence-corrected chi connectivity index (χ3v) is 4.28. The topological polar surface area (TPSA) is 88.5 Å². The number of nitrogens with one attached hydrogen (secondary N) is 2. The van der Waals surface area contributed by atoms with Crippen molar-refractivity contribution in [3.63, 3.8) is 0 Å². The van der Waals surface area contributed by atoms with E-state index in [0.717, 1.165) is 17.0 Å². The predicted molar refractivity (Wildman–Crippen MR) is 96.1 cm³/mol. The lowest BCUT2D eigenvalue weighted by Crippen LogP contribution is -2.50. The van der Waals surface area contributed by atoms with Gasteiger partial charge in [0.1, 0.15) is 5.75 Å². The molecule has 2 N–H and O–H groups in total. The fourth-order valence-electron chi connectivity index (χ4n) is 2.85. The molecule has 0 saturated carbocycles. The molecule has 1 aliphatic rings. The summed E-state index contributed by atoms with van der Waals surface area (Å²) in [6.07, 6.45) is 3.62. The maximum absolute atomic E-state index is 12.2. The molecule has 0 bridgehead atoms. The summed E-state index contributed by atoms with van der Waals surface area (Å²) >= 11 is 0. The highest BCUT2D eigenvalue weighted by Crippen LogP contribution is 2.18. The summed E-state index contributed by atoms with van der Waals surface area (Å²) in [6, 6.07) is 7.42. The number of hydrogen-bond donors (Lipinski definition) is 2. The highest BCUT2D eigenvalue weighted by atomic mass is 16.5. The molecule has 1 aromatic heterocycles. The summed E-state index contributed by atoms with van der Waals surface area (Å²) in [6.45, 7) is 3.64. The minimum Gasteiger partial charge on any atom is -0.497 e. The van der Waals surface area contributed by atoms with Crippen LogP contribution in [0.3, 0.4) is 0 Å². The molecule has 8 heteroatoms. The van der Waals surface area contributed by atoms with E-state index in [1.807, 2.05) is 42.3 Å². The van der Waals surface area contributed by atoms with Crippen LogP contribution < -0.4 is 15.4 Å². The average molecular weight is 357 g/mol. The van der Waals surface area contributed by atoms with Gasteiger partial charge in [-0.3, -0.25) is 14.5 Å². The predicted octanol–water partition coefficient (Wildman–Crippen LogP) is 0.490. The maximum atomic E-state index is 12.2. The first-order valence-corrected chi connectivity index (χ1v) is 8.52. The van der Waals surface area contributed by atoms with E-state index in [1.54, 1.807) is 18.0 Å². The van der Waals surface area contributed by atoms with Gasteiger partial charge >= 0.3 is 0 Å². The average Bonchev–Trinajstić information content (AvgIpc) is 3.12. The van der Waals surface area contributed by atoms with E-state index < -0.39 is 0 Å². The SMILES string of the molecule is COc1cccc(-n2cc(C(C)NC(=O)CN3CCNC(=O)C3)cn2)c1. The van der Waals surface area contributed by atoms with Crippen LogP contribution in [0.2, 0.25) is 0 Å². The van der Waals surface area contributed by atoms with E-state index in [9.17, 15) is 9.59 Å². The molecule has 1 aliphatic heterocycles. The zero-order valence-electron chi connectivity index (χ0n) is 14.9. The Balaban J connectivity index is 1.59. The summed E-state index contributed by atoms with van der Waals surface area (Å²) in [5.74, 6) is 0.601. The van der Waals surface area contributed by atoms with Crippen LogP contribution in [0.25, 0.3) is 5.69 Å². The summed E-state index contributed by atoms with van der Waals surface area (Å²) in [7, 11) is 1.62. The summed E-state index contributed by atoms with van der Waals surface area (Å²) in [5, 5.41) is 10.1. The first-order chi connectivity index (χ1) is 12.5. The van der Waals surface area contributed by atoms with Crippen LogP contribution in [0.1, 0.15) is 18.5 Å². The van der Waals surface area contributed by atoms with Crippen LogP contribution in [0, 0.1) is 0 Å². The minimum atomic E-state index is -0.180. The molecule has 1 aromatic carbocycles. The second kappa shape index (κ2) is 8.01. The van der Waals surface area contributed by atoms with Gasteiger partial charge in [-0.2, -0.15) is 5.10 Å². The van der Waals surface area contributed by atoms with E-state index in [2.05, 4.69) is 15.7 Å². The van der Waals surface area contributed by atoms with E-state index in [4.69, 9.17) is 4.74 Å². The van der Waals surface area contributed by atoms with Gasteiger partial charge in [0.05, 0.1) is 38.1 Å². The van der Waals surface area contributed by atoms with Crippen LogP contribution in [-0.4, -0.2) is 59.8 Å². The van der Waals surface area contributed by atoms with Crippen molar-refractivity contribution >= 4 is 11.8 Å². The number of nitrogens with zero attached hydrogens (tertiary/aromatic N) is 3. The van der Waals surface area contributed by atoms with Gasteiger partial charge in [-0.15, -0.1) is 0 Å². The first-order valence-electron chi connectivity index (χ1n) is 8.52. The smallest absolute Gasteiger partial charge is 0.234 e. The van der Waals surface area contributed by atoms with E-state index >= 15 is 0 Å². The van der Waals surface area contributed by atoms with Gasteiger partial charge in [0.25, 0.3) is 0 Å². The monoisotopic (exact) mass is 357 g/mol. The highest BCUT2D eigenvalue weighted by Gasteiger charge is 2.20. The summed E-state index contributed by atoms with van der Waals surface area (Å²) in [4.78, 5) is 25.4. The zero-order valence-corrected chi connectivity index (χ0v) is 14.9. The first kappa shape index (κ1) is 17.9. The van der Waals surface area contributed by atoms with Gasteiger partial charge < -0.3 is 15.4 Å². The van der Waals surface area contributed by atoms with E-state index in [-0.39, 0.29) is 30.9 Å². The molecule has 138 valence electrons. The molecule has 1 fully saturated rings. The third-order valence-electron chi connectivity index (χ3n) is 4.28. The lowest BCUT2D eigenvalue weighted by Gasteiger charge is -2.26. The van der Waals surface area contributed by atoms with Gasteiger partial charge in [0.15, 0.2) is 0 Å². The van der Waals surface area contributed by atoms with Gasteiger partial charge in [-0.25, -0.2) is 4.68 Å². The summed E-state index contributed by atoms with van der Waals surface area (Å²) in [5.41, 5.74) is 1.78. The lowest BCUT2D eigenvalue weighted by atomic mass is 10.2. The number of rotatable bonds is 6. The van der Waals surface area contributed by atoms with Crippen LogP contribution in [-0.2, 0) is 9.59 Å². The van der Waals surface area contributed by atoms with Crippen molar-refractivity contribution in [2.45, 2.75) is 13.0 Å². The van der Waals surface area contributed by atoms with Crippen molar-refractivity contribution in [2.24, 2.45) is 0 Å². The van der Waals surface area contributed by atoms with Crippen LogP contribution in [0.4, 0.5) is 0 Å². The molecule has 8 nitrogen and oxygen atoms in total. The van der Waals surface area contributed by atoms with Crippen molar-refractivity contribution in [3.8, 4) is 11.4 Å². The number of piperazine rings is 1. The Morgan fingerprint density at radius 1 is 1.46 bits per heavy atom. The molecular weight excluding hydrogens is 334 g/mol.